The molecule has 3 aromatic rings. The van der Waals surface area contributed by atoms with Crippen molar-refractivity contribution in [2.75, 3.05) is 6.61 Å². The Bertz CT molecular complexity index is 979. The molecule has 3 rings (SSSR count). The Morgan fingerprint density at radius 3 is 2.81 bits per heavy atom. The smallest absolute Gasteiger partial charge is 0.277 e. The lowest BCUT2D eigenvalue weighted by molar-refractivity contribution is -0.123. The molecule has 6 heteroatoms. The molecular weight excluding hydrogens is 364 g/mol. The summed E-state index contributed by atoms with van der Waals surface area (Å²) in [6.45, 7) is 3.83. The number of amides is 1. The quantitative estimate of drug-likeness (QED) is 0.494. The number of furan rings is 1. The van der Waals surface area contributed by atoms with Crippen LogP contribution < -0.4 is 10.2 Å². The predicted octanol–water partition coefficient (Wildman–Crippen LogP) is 4.75. The average molecular weight is 383 g/mol. The van der Waals surface area contributed by atoms with Crippen molar-refractivity contribution in [3.05, 3.63) is 76.5 Å². The van der Waals surface area contributed by atoms with E-state index in [4.69, 9.17) is 20.8 Å². The van der Waals surface area contributed by atoms with Gasteiger partial charge in [-0.15, -0.1) is 0 Å². The van der Waals surface area contributed by atoms with Gasteiger partial charge in [0.1, 0.15) is 17.3 Å². The van der Waals surface area contributed by atoms with Crippen LogP contribution in [0.25, 0.3) is 11.3 Å². The minimum absolute atomic E-state index is 0.118. The molecular formula is C21H19ClN2O3. The predicted molar refractivity (Wildman–Crippen MR) is 106 cm³/mol. The summed E-state index contributed by atoms with van der Waals surface area (Å²) in [5.74, 6) is 1.52. The molecule has 27 heavy (non-hydrogen) atoms. The van der Waals surface area contributed by atoms with Crippen molar-refractivity contribution in [2.45, 2.75) is 13.8 Å². The first-order valence-electron chi connectivity index (χ1n) is 8.39. The third-order valence-corrected chi connectivity index (χ3v) is 4.27. The van der Waals surface area contributed by atoms with Crippen molar-refractivity contribution < 1.29 is 13.9 Å². The lowest BCUT2D eigenvalue weighted by Gasteiger charge is -2.09. The number of hydrogen-bond donors (Lipinski definition) is 1. The highest BCUT2D eigenvalue weighted by atomic mass is 35.5. The van der Waals surface area contributed by atoms with E-state index in [1.165, 1.54) is 6.21 Å². The van der Waals surface area contributed by atoms with Gasteiger partial charge in [-0.2, -0.15) is 5.10 Å². The summed E-state index contributed by atoms with van der Waals surface area (Å²) in [7, 11) is 0. The number of hydrogen-bond acceptors (Lipinski definition) is 4. The molecule has 0 fully saturated rings. The summed E-state index contributed by atoms with van der Waals surface area (Å²) < 4.78 is 11.2. The Hall–Kier alpha value is -3.05. The van der Waals surface area contributed by atoms with E-state index in [-0.39, 0.29) is 12.5 Å². The summed E-state index contributed by atoms with van der Waals surface area (Å²) in [5.41, 5.74) is 5.41. The highest BCUT2D eigenvalue weighted by molar-refractivity contribution is 6.30. The molecule has 5 nitrogen and oxygen atoms in total. The number of nitrogens with zero attached hydrogens (tertiary/aromatic N) is 1. The Labute approximate surface area is 162 Å². The van der Waals surface area contributed by atoms with Crippen LogP contribution in [-0.4, -0.2) is 18.7 Å². The highest BCUT2D eigenvalue weighted by Crippen LogP contribution is 2.24. The second-order valence-corrected chi connectivity index (χ2v) is 6.43. The van der Waals surface area contributed by atoms with Crippen LogP contribution in [0.1, 0.15) is 16.9 Å². The fraction of sp³-hybridized carbons (Fsp3) is 0.143. The highest BCUT2D eigenvalue weighted by Gasteiger charge is 2.06. The van der Waals surface area contributed by atoms with Crippen LogP contribution in [0.5, 0.6) is 5.75 Å². The maximum absolute atomic E-state index is 11.9. The third-order valence-electron chi connectivity index (χ3n) is 4.03. The Balaban J connectivity index is 1.53. The Morgan fingerprint density at radius 1 is 1.19 bits per heavy atom. The van der Waals surface area contributed by atoms with Crippen molar-refractivity contribution in [2.24, 2.45) is 5.10 Å². The largest absolute Gasteiger partial charge is 0.483 e. The van der Waals surface area contributed by atoms with Crippen LogP contribution in [0.3, 0.4) is 0 Å². The standard InChI is InChI=1S/C21H19ClN2O3/c1-14-5-3-8-19(15(14)2)26-13-21(25)24-23-12-18-9-10-20(27-18)16-6-4-7-17(22)11-16/h3-12H,13H2,1-2H3,(H,24,25). The lowest BCUT2D eigenvalue weighted by Crippen LogP contribution is -2.24. The minimum Gasteiger partial charge on any atom is -0.483 e. The summed E-state index contributed by atoms with van der Waals surface area (Å²) in [6, 6.07) is 16.7. The molecule has 0 aliphatic heterocycles. The topological polar surface area (TPSA) is 63.8 Å². The van der Waals surface area contributed by atoms with Crippen molar-refractivity contribution in [3.63, 3.8) is 0 Å². The Morgan fingerprint density at radius 2 is 2.00 bits per heavy atom. The minimum atomic E-state index is -0.353. The van der Waals surface area contributed by atoms with Gasteiger partial charge in [0.2, 0.25) is 0 Å². The zero-order valence-corrected chi connectivity index (χ0v) is 15.8. The van der Waals surface area contributed by atoms with Gasteiger partial charge in [0.25, 0.3) is 5.91 Å². The molecule has 138 valence electrons. The van der Waals surface area contributed by atoms with Crippen molar-refractivity contribution >= 4 is 23.7 Å². The SMILES string of the molecule is Cc1cccc(OCC(=O)NN=Cc2ccc(-c3cccc(Cl)c3)o2)c1C. The number of benzene rings is 2. The number of carbonyl (C=O) groups is 1. The number of hydrazone groups is 1. The molecule has 0 saturated heterocycles. The van der Waals surface area contributed by atoms with Gasteiger partial charge < -0.3 is 9.15 Å². The van der Waals surface area contributed by atoms with Gasteiger partial charge in [0.05, 0.1) is 6.21 Å². The van der Waals surface area contributed by atoms with Crippen molar-refractivity contribution in [1.29, 1.82) is 0 Å². The molecule has 0 bridgehead atoms. The molecule has 1 heterocycles. The fourth-order valence-corrected chi connectivity index (χ4v) is 2.63. The Kier molecular flexibility index (Phi) is 5.94. The maximum Gasteiger partial charge on any atom is 0.277 e. The van der Waals surface area contributed by atoms with E-state index >= 15 is 0 Å². The van der Waals surface area contributed by atoms with Gasteiger partial charge in [-0.25, -0.2) is 5.43 Å². The number of carbonyl (C=O) groups excluding carboxylic acids is 1. The zero-order valence-electron chi connectivity index (χ0n) is 15.0. The molecule has 1 N–H and O–H groups in total. The molecule has 2 aromatic carbocycles. The van der Waals surface area contributed by atoms with Crippen molar-refractivity contribution in [3.8, 4) is 17.1 Å². The molecule has 0 unspecified atom stereocenters. The van der Waals surface area contributed by atoms with Crippen LogP contribution in [0.2, 0.25) is 5.02 Å². The van der Waals surface area contributed by atoms with Crippen LogP contribution in [0.15, 0.2) is 64.1 Å². The molecule has 0 aliphatic rings. The van der Waals surface area contributed by atoms with Crippen LogP contribution >= 0.6 is 11.6 Å². The molecule has 0 radical (unpaired) electrons. The number of rotatable bonds is 6. The van der Waals surface area contributed by atoms with Crippen LogP contribution in [0.4, 0.5) is 0 Å². The molecule has 0 aliphatic carbocycles. The molecule has 0 atom stereocenters. The van der Waals surface area contributed by atoms with E-state index in [0.29, 0.717) is 22.3 Å². The third kappa shape index (κ3) is 4.99. The van der Waals surface area contributed by atoms with E-state index in [1.54, 1.807) is 12.1 Å². The van der Waals surface area contributed by atoms with Crippen LogP contribution in [0, 0.1) is 13.8 Å². The normalized spacial score (nSPS) is 10.9. The fourth-order valence-electron chi connectivity index (χ4n) is 2.44. The number of nitrogens with one attached hydrogen (secondary N) is 1. The lowest BCUT2D eigenvalue weighted by atomic mass is 10.1. The van der Waals surface area contributed by atoms with Gasteiger partial charge in [-0.3, -0.25) is 4.79 Å². The maximum atomic E-state index is 11.9. The van der Waals surface area contributed by atoms with Gasteiger partial charge in [0, 0.05) is 10.6 Å². The number of aryl methyl sites for hydroxylation is 1. The van der Waals surface area contributed by atoms with Gasteiger partial charge in [-0.05, 0) is 55.3 Å². The summed E-state index contributed by atoms with van der Waals surface area (Å²) in [5, 5.41) is 4.53. The molecule has 0 saturated carbocycles. The van der Waals surface area contributed by atoms with Gasteiger partial charge >= 0.3 is 0 Å². The van der Waals surface area contributed by atoms with Gasteiger partial charge in [0.15, 0.2) is 6.61 Å². The summed E-state index contributed by atoms with van der Waals surface area (Å²) >= 11 is 5.98. The summed E-state index contributed by atoms with van der Waals surface area (Å²) in [6.07, 6.45) is 1.43. The van der Waals surface area contributed by atoms with E-state index in [2.05, 4.69) is 10.5 Å². The van der Waals surface area contributed by atoms with Gasteiger partial charge in [-0.1, -0.05) is 35.9 Å². The molecule has 0 spiro atoms. The van der Waals surface area contributed by atoms with Crippen molar-refractivity contribution in [1.82, 2.24) is 5.43 Å². The van der Waals surface area contributed by atoms with E-state index < -0.39 is 0 Å². The molecule has 1 amide bonds. The van der Waals surface area contributed by atoms with E-state index in [9.17, 15) is 4.79 Å². The molecule has 1 aromatic heterocycles. The second-order valence-electron chi connectivity index (χ2n) is 5.99. The monoisotopic (exact) mass is 382 g/mol. The zero-order chi connectivity index (χ0) is 19.2. The van der Waals surface area contributed by atoms with E-state index in [1.807, 2.05) is 56.3 Å². The van der Waals surface area contributed by atoms with E-state index in [0.717, 1.165) is 16.7 Å². The summed E-state index contributed by atoms with van der Waals surface area (Å²) in [4.78, 5) is 11.9. The first-order valence-corrected chi connectivity index (χ1v) is 8.77. The number of halogens is 1. The first kappa shape index (κ1) is 18.7. The average Bonchev–Trinajstić information content (AvgIpc) is 3.12. The first-order chi connectivity index (χ1) is 13.0. The number of ether oxygens (including phenoxy) is 1. The van der Waals surface area contributed by atoms with Crippen LogP contribution in [-0.2, 0) is 4.79 Å². The second kappa shape index (κ2) is 8.56.